The second-order valence-electron chi connectivity index (χ2n) is 11.0. The summed E-state index contributed by atoms with van der Waals surface area (Å²) in [6, 6.07) is 6.32. The van der Waals surface area contributed by atoms with E-state index in [9.17, 15) is 18.8 Å². The fourth-order valence-electron chi connectivity index (χ4n) is 5.86. The summed E-state index contributed by atoms with van der Waals surface area (Å²) < 4.78 is 13.2. The zero-order valence-electron chi connectivity index (χ0n) is 21.8. The number of piperidine rings is 1. The first-order chi connectivity index (χ1) is 17.2. The van der Waals surface area contributed by atoms with Gasteiger partial charge in [-0.05, 0) is 55.9 Å². The number of piperazine rings is 1. The van der Waals surface area contributed by atoms with Gasteiger partial charge >= 0.3 is 0 Å². The van der Waals surface area contributed by atoms with Crippen molar-refractivity contribution in [2.45, 2.75) is 58.5 Å². The van der Waals surface area contributed by atoms with Crippen LogP contribution >= 0.6 is 0 Å². The lowest BCUT2D eigenvalue weighted by molar-refractivity contribution is -0.142. The number of amides is 3. The van der Waals surface area contributed by atoms with Gasteiger partial charge in [0.15, 0.2) is 0 Å². The summed E-state index contributed by atoms with van der Waals surface area (Å²) in [5.41, 5.74) is 0.673. The molecule has 198 valence electrons. The summed E-state index contributed by atoms with van der Waals surface area (Å²) in [5.74, 6) is -0.331. The summed E-state index contributed by atoms with van der Waals surface area (Å²) in [6.07, 6.45) is 3.08. The van der Waals surface area contributed by atoms with Crippen LogP contribution in [0.4, 0.5) is 10.1 Å². The Morgan fingerprint density at radius 2 is 1.72 bits per heavy atom. The molecule has 0 aliphatic carbocycles. The first-order valence-electron chi connectivity index (χ1n) is 13.3. The van der Waals surface area contributed by atoms with Gasteiger partial charge in [-0.15, -0.1) is 0 Å². The number of rotatable bonds is 7. The van der Waals surface area contributed by atoms with Crippen molar-refractivity contribution >= 4 is 23.4 Å². The first-order valence-corrected chi connectivity index (χ1v) is 13.3. The van der Waals surface area contributed by atoms with Gasteiger partial charge in [0.1, 0.15) is 11.9 Å². The zero-order chi connectivity index (χ0) is 25.9. The van der Waals surface area contributed by atoms with Crippen LogP contribution in [0.5, 0.6) is 0 Å². The van der Waals surface area contributed by atoms with Crippen molar-refractivity contribution in [3.8, 4) is 0 Å². The van der Waals surface area contributed by atoms with Crippen molar-refractivity contribution in [2.24, 2.45) is 11.3 Å². The zero-order valence-corrected chi connectivity index (χ0v) is 21.8. The van der Waals surface area contributed by atoms with E-state index in [-0.39, 0.29) is 40.9 Å². The minimum Gasteiger partial charge on any atom is -0.369 e. The number of likely N-dealkylation sites (tertiary alicyclic amines) is 1. The molecular formula is C27H40FN5O3. The third-order valence-corrected chi connectivity index (χ3v) is 8.14. The van der Waals surface area contributed by atoms with Crippen molar-refractivity contribution in [3.05, 3.63) is 30.1 Å². The Kier molecular flexibility index (Phi) is 8.17. The second kappa shape index (κ2) is 11.2. The van der Waals surface area contributed by atoms with Gasteiger partial charge in [-0.25, -0.2) is 4.39 Å². The molecule has 1 spiro atoms. The highest BCUT2D eigenvalue weighted by Gasteiger charge is 2.49. The molecule has 1 aromatic carbocycles. The van der Waals surface area contributed by atoms with Crippen molar-refractivity contribution in [1.29, 1.82) is 0 Å². The molecule has 1 aromatic rings. The maximum Gasteiger partial charge on any atom is 0.245 e. The average Bonchev–Trinajstić information content (AvgIpc) is 3.16. The van der Waals surface area contributed by atoms with E-state index in [0.29, 0.717) is 25.9 Å². The van der Waals surface area contributed by atoms with Crippen molar-refractivity contribution in [2.75, 3.05) is 50.7 Å². The summed E-state index contributed by atoms with van der Waals surface area (Å²) in [6.45, 7) is 11.1. The molecule has 2 unspecified atom stereocenters. The number of anilines is 1. The Bertz CT molecular complexity index is 937. The first kappa shape index (κ1) is 26.4. The maximum absolute atomic E-state index is 13.2. The molecule has 36 heavy (non-hydrogen) atoms. The van der Waals surface area contributed by atoms with E-state index >= 15 is 0 Å². The smallest absolute Gasteiger partial charge is 0.245 e. The van der Waals surface area contributed by atoms with Gasteiger partial charge in [0.2, 0.25) is 17.7 Å². The minimum atomic E-state index is -0.523. The topological polar surface area (TPSA) is 85.0 Å². The molecule has 3 aliphatic heterocycles. The molecule has 3 aliphatic rings. The van der Waals surface area contributed by atoms with Crippen LogP contribution in [-0.2, 0) is 14.4 Å². The highest BCUT2D eigenvalue weighted by molar-refractivity contribution is 5.88. The fourth-order valence-corrected chi connectivity index (χ4v) is 5.86. The molecular weight excluding hydrogens is 461 g/mol. The number of carbonyl (C=O) groups is 3. The van der Waals surface area contributed by atoms with Gasteiger partial charge in [0.25, 0.3) is 0 Å². The molecule has 0 bridgehead atoms. The van der Waals surface area contributed by atoms with E-state index < -0.39 is 6.04 Å². The van der Waals surface area contributed by atoms with Gasteiger partial charge in [0.05, 0.1) is 5.41 Å². The normalized spacial score (nSPS) is 23.1. The minimum absolute atomic E-state index is 0.00834. The lowest BCUT2D eigenvalue weighted by atomic mass is 9.75. The molecule has 2 N–H and O–H groups in total. The van der Waals surface area contributed by atoms with Gasteiger partial charge in [0, 0.05) is 64.5 Å². The standard InChI is InChI=1S/C27H40FN5O3/c1-19(2)24(29-20(3)34)25(35)33-12-9-27(10-13-33)18-22(30-26(27)36)8-11-31-14-16-32(17-15-31)23-6-4-21(28)5-7-23/h4-7,19,22,24H,8-18H2,1-3H3,(H,29,34)(H,30,36). The molecule has 0 radical (unpaired) electrons. The van der Waals surface area contributed by atoms with Crippen LogP contribution in [0, 0.1) is 17.2 Å². The molecule has 0 aromatic heterocycles. The highest BCUT2D eigenvalue weighted by Crippen LogP contribution is 2.41. The Morgan fingerprint density at radius 1 is 1.08 bits per heavy atom. The summed E-state index contributed by atoms with van der Waals surface area (Å²) in [7, 11) is 0. The van der Waals surface area contributed by atoms with Crippen LogP contribution in [0.2, 0.25) is 0 Å². The van der Waals surface area contributed by atoms with Crippen molar-refractivity contribution in [3.63, 3.8) is 0 Å². The Balaban J connectivity index is 1.22. The average molecular weight is 502 g/mol. The van der Waals surface area contributed by atoms with Gasteiger partial charge in [-0.1, -0.05) is 13.8 Å². The molecule has 3 amide bonds. The SMILES string of the molecule is CC(=O)NC(C(=O)N1CCC2(CC1)CC(CCN1CCN(c3ccc(F)cc3)CC1)NC2=O)C(C)C. The van der Waals surface area contributed by atoms with Gasteiger partial charge in [-0.3, -0.25) is 19.3 Å². The summed E-state index contributed by atoms with van der Waals surface area (Å²) in [4.78, 5) is 44.1. The lowest BCUT2D eigenvalue weighted by Gasteiger charge is -2.39. The van der Waals surface area contributed by atoms with Crippen LogP contribution in [0.1, 0.15) is 46.5 Å². The number of hydrogen-bond donors (Lipinski definition) is 2. The van der Waals surface area contributed by atoms with Crippen LogP contribution in [0.3, 0.4) is 0 Å². The number of nitrogens with one attached hydrogen (secondary N) is 2. The summed E-state index contributed by atoms with van der Waals surface area (Å²) >= 11 is 0. The van der Waals surface area contributed by atoms with Crippen molar-refractivity contribution in [1.82, 2.24) is 20.4 Å². The van der Waals surface area contributed by atoms with Crippen LogP contribution in [-0.4, -0.2) is 85.4 Å². The number of nitrogens with zero attached hydrogens (tertiary/aromatic N) is 3. The number of halogens is 1. The van der Waals surface area contributed by atoms with E-state index in [1.807, 2.05) is 30.9 Å². The van der Waals surface area contributed by atoms with Crippen molar-refractivity contribution < 1.29 is 18.8 Å². The van der Waals surface area contributed by atoms with Crippen LogP contribution < -0.4 is 15.5 Å². The van der Waals surface area contributed by atoms with E-state index in [1.165, 1.54) is 19.1 Å². The van der Waals surface area contributed by atoms with Crippen LogP contribution in [0.15, 0.2) is 24.3 Å². The summed E-state index contributed by atoms with van der Waals surface area (Å²) in [5, 5.41) is 6.02. The second-order valence-corrected chi connectivity index (χ2v) is 11.0. The van der Waals surface area contributed by atoms with Gasteiger partial charge < -0.3 is 20.4 Å². The van der Waals surface area contributed by atoms with E-state index in [0.717, 1.165) is 51.3 Å². The Labute approximate surface area is 213 Å². The molecule has 8 nitrogen and oxygen atoms in total. The monoisotopic (exact) mass is 501 g/mol. The number of hydrogen-bond acceptors (Lipinski definition) is 5. The van der Waals surface area contributed by atoms with E-state index in [4.69, 9.17) is 0 Å². The predicted octanol–water partition coefficient (Wildman–Crippen LogP) is 2.00. The number of benzene rings is 1. The maximum atomic E-state index is 13.2. The highest BCUT2D eigenvalue weighted by atomic mass is 19.1. The third-order valence-electron chi connectivity index (χ3n) is 8.14. The number of carbonyl (C=O) groups excluding carboxylic acids is 3. The lowest BCUT2D eigenvalue weighted by Crippen LogP contribution is -2.54. The Hall–Kier alpha value is -2.68. The van der Waals surface area contributed by atoms with E-state index in [2.05, 4.69) is 20.4 Å². The molecule has 3 fully saturated rings. The molecule has 2 atom stereocenters. The Morgan fingerprint density at radius 3 is 2.31 bits per heavy atom. The largest absolute Gasteiger partial charge is 0.369 e. The van der Waals surface area contributed by atoms with Gasteiger partial charge in [-0.2, -0.15) is 0 Å². The van der Waals surface area contributed by atoms with Crippen LogP contribution in [0.25, 0.3) is 0 Å². The fraction of sp³-hybridized carbons (Fsp3) is 0.667. The molecule has 3 saturated heterocycles. The van der Waals surface area contributed by atoms with E-state index in [1.54, 1.807) is 0 Å². The molecule has 4 rings (SSSR count). The quantitative estimate of drug-likeness (QED) is 0.597. The molecule has 9 heteroatoms. The molecule has 3 heterocycles. The third kappa shape index (κ3) is 5.99. The predicted molar refractivity (Wildman–Crippen MR) is 137 cm³/mol. The molecule has 0 saturated carbocycles.